The molecule has 1 fully saturated rings. The molecule has 1 heterocycles. The summed E-state index contributed by atoms with van der Waals surface area (Å²) in [5, 5.41) is 0. The van der Waals surface area contributed by atoms with Crippen LogP contribution in [0.1, 0.15) is 43.1 Å². The van der Waals surface area contributed by atoms with E-state index in [0.717, 1.165) is 31.6 Å². The lowest BCUT2D eigenvalue weighted by atomic mass is 9.89. The van der Waals surface area contributed by atoms with Gasteiger partial charge in [0.15, 0.2) is 0 Å². The molecule has 0 radical (unpaired) electrons. The van der Waals surface area contributed by atoms with Crippen molar-refractivity contribution in [1.82, 2.24) is 4.98 Å². The number of rotatable bonds is 2. The van der Waals surface area contributed by atoms with Crippen molar-refractivity contribution in [3.63, 3.8) is 0 Å². The Balaban J connectivity index is 1.93. The predicted octanol–water partition coefficient (Wildman–Crippen LogP) is 3.58. The molecule has 0 unspecified atom stereocenters. The number of aromatic nitrogens is 1. The van der Waals surface area contributed by atoms with Gasteiger partial charge >= 0.3 is 5.97 Å². The van der Waals surface area contributed by atoms with Crippen LogP contribution in [-0.4, -0.2) is 17.1 Å². The number of halogens is 1. The number of hydrogen-bond donors (Lipinski definition) is 0. The van der Waals surface area contributed by atoms with Crippen LogP contribution in [0.25, 0.3) is 0 Å². The maximum Gasteiger partial charge on any atom is 0.357 e. The second-order valence-electron chi connectivity index (χ2n) is 4.63. The second-order valence-corrected chi connectivity index (χ2v) is 5.45. The zero-order chi connectivity index (χ0) is 12.3. The molecule has 1 aliphatic rings. The number of hydrogen-bond acceptors (Lipinski definition) is 3. The number of esters is 1. The highest BCUT2D eigenvalue weighted by Crippen LogP contribution is 2.26. The largest absolute Gasteiger partial charge is 0.458 e. The van der Waals surface area contributed by atoms with Gasteiger partial charge in [-0.1, -0.05) is 13.0 Å². The molecular formula is C13H16BrNO2. The molecule has 2 rings (SSSR count). The molecule has 3 nitrogen and oxygen atoms in total. The van der Waals surface area contributed by atoms with E-state index in [-0.39, 0.29) is 12.1 Å². The second kappa shape index (κ2) is 5.63. The number of pyridine rings is 1. The SMILES string of the molecule is CC1CCC(OC(=O)c2cccc(Br)n2)CC1. The number of carbonyl (C=O) groups excluding carboxylic acids is 1. The van der Waals surface area contributed by atoms with Crippen molar-refractivity contribution >= 4 is 21.9 Å². The van der Waals surface area contributed by atoms with E-state index in [1.54, 1.807) is 18.2 Å². The Morgan fingerprint density at radius 3 is 2.71 bits per heavy atom. The highest BCUT2D eigenvalue weighted by molar-refractivity contribution is 9.10. The van der Waals surface area contributed by atoms with Crippen LogP contribution in [0.3, 0.4) is 0 Å². The van der Waals surface area contributed by atoms with E-state index in [9.17, 15) is 4.79 Å². The van der Waals surface area contributed by atoms with Gasteiger partial charge in [-0.15, -0.1) is 0 Å². The molecule has 17 heavy (non-hydrogen) atoms. The molecule has 0 N–H and O–H groups in total. The van der Waals surface area contributed by atoms with Crippen molar-refractivity contribution in [3.05, 3.63) is 28.5 Å². The van der Waals surface area contributed by atoms with Gasteiger partial charge in [0.05, 0.1) is 0 Å². The van der Waals surface area contributed by atoms with Crippen LogP contribution >= 0.6 is 15.9 Å². The van der Waals surface area contributed by atoms with Gasteiger partial charge < -0.3 is 4.74 Å². The first-order valence-electron chi connectivity index (χ1n) is 5.98. The summed E-state index contributed by atoms with van der Waals surface area (Å²) in [6.07, 6.45) is 4.30. The summed E-state index contributed by atoms with van der Waals surface area (Å²) in [4.78, 5) is 15.9. The van der Waals surface area contributed by atoms with Gasteiger partial charge in [0.2, 0.25) is 0 Å². The summed E-state index contributed by atoms with van der Waals surface area (Å²) in [5.41, 5.74) is 0.373. The van der Waals surface area contributed by atoms with Crippen molar-refractivity contribution in [2.45, 2.75) is 38.7 Å². The molecule has 0 spiro atoms. The predicted molar refractivity (Wildman–Crippen MR) is 68.8 cm³/mol. The third-order valence-electron chi connectivity index (χ3n) is 3.16. The van der Waals surface area contributed by atoms with Gasteiger partial charge in [-0.25, -0.2) is 9.78 Å². The Kier molecular flexibility index (Phi) is 4.15. The molecule has 1 saturated carbocycles. The molecule has 4 heteroatoms. The Labute approximate surface area is 110 Å². The van der Waals surface area contributed by atoms with Gasteiger partial charge in [0, 0.05) is 0 Å². The maximum atomic E-state index is 11.8. The Morgan fingerprint density at radius 1 is 1.35 bits per heavy atom. The third-order valence-corrected chi connectivity index (χ3v) is 3.60. The first-order chi connectivity index (χ1) is 8.15. The zero-order valence-electron chi connectivity index (χ0n) is 9.86. The molecule has 1 aliphatic carbocycles. The average Bonchev–Trinajstić information content (AvgIpc) is 2.32. The van der Waals surface area contributed by atoms with E-state index < -0.39 is 0 Å². The molecule has 92 valence electrons. The van der Waals surface area contributed by atoms with Gasteiger partial charge in [0.25, 0.3) is 0 Å². The van der Waals surface area contributed by atoms with Gasteiger partial charge in [-0.3, -0.25) is 0 Å². The monoisotopic (exact) mass is 297 g/mol. The summed E-state index contributed by atoms with van der Waals surface area (Å²) >= 11 is 3.24. The van der Waals surface area contributed by atoms with Crippen molar-refractivity contribution in [2.24, 2.45) is 5.92 Å². The van der Waals surface area contributed by atoms with Gasteiger partial charge in [-0.2, -0.15) is 0 Å². The average molecular weight is 298 g/mol. The minimum absolute atomic E-state index is 0.0690. The summed E-state index contributed by atoms with van der Waals surface area (Å²) in [6, 6.07) is 5.26. The van der Waals surface area contributed by atoms with Crippen LogP contribution in [0.15, 0.2) is 22.8 Å². The summed E-state index contributed by atoms with van der Waals surface area (Å²) in [6.45, 7) is 2.24. The first kappa shape index (κ1) is 12.6. The molecule has 0 aliphatic heterocycles. The number of ether oxygens (including phenoxy) is 1. The molecule has 1 aromatic heterocycles. The van der Waals surface area contributed by atoms with Gasteiger partial charge in [0.1, 0.15) is 16.4 Å². The zero-order valence-corrected chi connectivity index (χ0v) is 11.4. The highest BCUT2D eigenvalue weighted by Gasteiger charge is 2.22. The van der Waals surface area contributed by atoms with Crippen LogP contribution in [0, 0.1) is 5.92 Å². The minimum Gasteiger partial charge on any atom is -0.458 e. The van der Waals surface area contributed by atoms with Crippen molar-refractivity contribution in [2.75, 3.05) is 0 Å². The topological polar surface area (TPSA) is 39.2 Å². The van der Waals surface area contributed by atoms with Crippen LogP contribution in [0.2, 0.25) is 0 Å². The van der Waals surface area contributed by atoms with Crippen LogP contribution in [0.4, 0.5) is 0 Å². The summed E-state index contributed by atoms with van der Waals surface area (Å²) in [5.74, 6) is 0.444. The van der Waals surface area contributed by atoms with E-state index >= 15 is 0 Å². The smallest absolute Gasteiger partial charge is 0.357 e. The number of nitrogens with zero attached hydrogens (tertiary/aromatic N) is 1. The lowest BCUT2D eigenvalue weighted by Crippen LogP contribution is -2.24. The van der Waals surface area contributed by atoms with Crippen LogP contribution in [0.5, 0.6) is 0 Å². The van der Waals surface area contributed by atoms with E-state index in [1.807, 2.05) is 0 Å². The Hall–Kier alpha value is -0.900. The highest BCUT2D eigenvalue weighted by atomic mass is 79.9. The molecule has 0 aromatic carbocycles. The van der Waals surface area contributed by atoms with Gasteiger partial charge in [-0.05, 0) is 59.7 Å². The standard InChI is InChI=1S/C13H16BrNO2/c1-9-5-7-10(8-6-9)17-13(16)11-3-2-4-12(14)15-11/h2-4,9-10H,5-8H2,1H3. The van der Waals surface area contributed by atoms with E-state index in [4.69, 9.17) is 4.74 Å². The van der Waals surface area contributed by atoms with E-state index in [0.29, 0.717) is 10.3 Å². The van der Waals surface area contributed by atoms with Crippen LogP contribution in [-0.2, 0) is 4.74 Å². The molecule has 0 bridgehead atoms. The van der Waals surface area contributed by atoms with E-state index in [2.05, 4.69) is 27.8 Å². The summed E-state index contributed by atoms with van der Waals surface area (Å²) in [7, 11) is 0. The van der Waals surface area contributed by atoms with Crippen molar-refractivity contribution < 1.29 is 9.53 Å². The Morgan fingerprint density at radius 2 is 2.06 bits per heavy atom. The first-order valence-corrected chi connectivity index (χ1v) is 6.78. The third kappa shape index (κ3) is 3.53. The van der Waals surface area contributed by atoms with Crippen LogP contribution < -0.4 is 0 Å². The van der Waals surface area contributed by atoms with Crippen molar-refractivity contribution in [3.8, 4) is 0 Å². The maximum absolute atomic E-state index is 11.8. The normalized spacial score (nSPS) is 24.4. The van der Waals surface area contributed by atoms with E-state index in [1.165, 1.54) is 0 Å². The summed E-state index contributed by atoms with van der Waals surface area (Å²) < 4.78 is 6.12. The minimum atomic E-state index is -0.314. The molecule has 0 atom stereocenters. The lowest BCUT2D eigenvalue weighted by Gasteiger charge is -2.25. The quantitative estimate of drug-likeness (QED) is 0.619. The number of carbonyl (C=O) groups is 1. The fraction of sp³-hybridized carbons (Fsp3) is 0.538. The molecule has 0 saturated heterocycles. The molecule has 0 amide bonds. The van der Waals surface area contributed by atoms with Crippen molar-refractivity contribution in [1.29, 1.82) is 0 Å². The fourth-order valence-electron chi connectivity index (χ4n) is 2.08. The Bertz CT molecular complexity index is 400. The fourth-order valence-corrected chi connectivity index (χ4v) is 2.42. The lowest BCUT2D eigenvalue weighted by molar-refractivity contribution is 0.0167. The molecular weight excluding hydrogens is 282 g/mol. The molecule has 1 aromatic rings.